The number of hydrogen-bond donors (Lipinski definition) is 5. The highest BCUT2D eigenvalue weighted by atomic mass is 16.7. The third-order valence-corrected chi connectivity index (χ3v) is 5.83. The highest BCUT2D eigenvalue weighted by Gasteiger charge is 2.43. The Kier molecular flexibility index (Phi) is 16.2. The second-order valence-corrected chi connectivity index (χ2v) is 8.65. The minimum Gasteiger partial charge on any atom is -0.394 e. The Morgan fingerprint density at radius 2 is 1.26 bits per heavy atom. The van der Waals surface area contributed by atoms with Crippen LogP contribution in [-0.4, -0.2) is 76.8 Å². The molecule has 0 aromatic carbocycles. The second kappa shape index (κ2) is 17.7. The maximum Gasteiger partial charge on any atom is 0.216 e. The summed E-state index contributed by atoms with van der Waals surface area (Å²) in [5.41, 5.74) is 0. The molecule has 5 N–H and O–H groups in total. The Bertz CT molecular complexity index is 450. The number of hydrogen-bond acceptors (Lipinski definition) is 7. The Balaban J connectivity index is 1.85. The largest absolute Gasteiger partial charge is 0.394 e. The van der Waals surface area contributed by atoms with Gasteiger partial charge in [0.05, 0.1) is 6.61 Å². The number of aliphatic hydroxyl groups excluding tert-OH is 4. The van der Waals surface area contributed by atoms with Crippen LogP contribution in [0.25, 0.3) is 0 Å². The molecule has 8 heteroatoms. The first-order valence-corrected chi connectivity index (χ1v) is 12.1. The fourth-order valence-corrected chi connectivity index (χ4v) is 3.84. The van der Waals surface area contributed by atoms with Gasteiger partial charge in [0, 0.05) is 20.1 Å². The predicted molar refractivity (Wildman–Crippen MR) is 118 cm³/mol. The van der Waals surface area contributed by atoms with E-state index in [1.807, 2.05) is 0 Å². The van der Waals surface area contributed by atoms with E-state index in [4.69, 9.17) is 14.6 Å². The van der Waals surface area contributed by atoms with Crippen molar-refractivity contribution in [2.45, 2.75) is 121 Å². The normalized spacial score (nSPS) is 26.2. The van der Waals surface area contributed by atoms with Gasteiger partial charge in [-0.25, -0.2) is 0 Å². The van der Waals surface area contributed by atoms with E-state index in [1.165, 1.54) is 57.8 Å². The molecule has 1 heterocycles. The summed E-state index contributed by atoms with van der Waals surface area (Å²) < 4.78 is 10.8. The van der Waals surface area contributed by atoms with Gasteiger partial charge >= 0.3 is 0 Å². The number of carbonyl (C=O) groups is 1. The number of amides is 1. The van der Waals surface area contributed by atoms with Gasteiger partial charge in [-0.1, -0.05) is 70.6 Å². The van der Waals surface area contributed by atoms with E-state index >= 15 is 0 Å². The molecule has 184 valence electrons. The van der Waals surface area contributed by atoms with E-state index in [2.05, 4.69) is 5.32 Å². The van der Waals surface area contributed by atoms with Gasteiger partial charge in [0.25, 0.3) is 0 Å². The van der Waals surface area contributed by atoms with Gasteiger partial charge in [0.1, 0.15) is 24.4 Å². The molecule has 0 bridgehead atoms. The Labute approximate surface area is 187 Å². The van der Waals surface area contributed by atoms with Crippen LogP contribution in [0.15, 0.2) is 0 Å². The van der Waals surface area contributed by atoms with Crippen molar-refractivity contribution in [1.29, 1.82) is 0 Å². The first-order chi connectivity index (χ1) is 15.0. The van der Waals surface area contributed by atoms with E-state index in [0.717, 1.165) is 32.2 Å². The third kappa shape index (κ3) is 12.7. The van der Waals surface area contributed by atoms with E-state index in [0.29, 0.717) is 6.61 Å². The van der Waals surface area contributed by atoms with Crippen LogP contribution in [0.5, 0.6) is 0 Å². The molecule has 31 heavy (non-hydrogen) atoms. The lowest BCUT2D eigenvalue weighted by molar-refractivity contribution is -0.301. The maximum absolute atomic E-state index is 10.7. The third-order valence-electron chi connectivity index (χ3n) is 5.83. The van der Waals surface area contributed by atoms with Crippen molar-refractivity contribution in [2.75, 3.05) is 19.8 Å². The van der Waals surface area contributed by atoms with Crippen LogP contribution in [0.4, 0.5) is 0 Å². The predicted octanol–water partition coefficient (Wildman–Crippen LogP) is 2.01. The van der Waals surface area contributed by atoms with Crippen molar-refractivity contribution in [3.8, 4) is 0 Å². The fraction of sp³-hybridized carbons (Fsp3) is 0.957. The molecular formula is C23H45NO7. The molecule has 0 saturated carbocycles. The molecule has 1 saturated heterocycles. The topological polar surface area (TPSA) is 128 Å². The molecule has 8 nitrogen and oxygen atoms in total. The Morgan fingerprint density at radius 1 is 0.774 bits per heavy atom. The maximum atomic E-state index is 10.7. The molecule has 1 rings (SSSR count). The van der Waals surface area contributed by atoms with Gasteiger partial charge < -0.3 is 35.2 Å². The lowest BCUT2D eigenvalue weighted by Gasteiger charge is -2.39. The SMILES string of the molecule is CC(=O)NCCCCCCCCCCCCCCCOC1O[C@H](CO)[C@@H](O)[C@H](O)[C@H]1O. The molecule has 1 aliphatic rings. The van der Waals surface area contributed by atoms with E-state index in [-0.39, 0.29) is 5.91 Å². The van der Waals surface area contributed by atoms with Crippen LogP contribution in [0.3, 0.4) is 0 Å². The van der Waals surface area contributed by atoms with Crippen LogP contribution >= 0.6 is 0 Å². The zero-order valence-electron chi connectivity index (χ0n) is 19.2. The minimum atomic E-state index is -1.38. The summed E-state index contributed by atoms with van der Waals surface area (Å²) in [4.78, 5) is 10.7. The zero-order chi connectivity index (χ0) is 22.9. The van der Waals surface area contributed by atoms with E-state index < -0.39 is 37.3 Å². The quantitative estimate of drug-likeness (QED) is 0.203. The molecule has 0 aromatic rings. The first kappa shape index (κ1) is 28.3. The monoisotopic (exact) mass is 447 g/mol. The minimum absolute atomic E-state index is 0.0569. The van der Waals surface area contributed by atoms with Gasteiger partial charge in [-0.15, -0.1) is 0 Å². The van der Waals surface area contributed by atoms with Crippen molar-refractivity contribution in [1.82, 2.24) is 5.32 Å². The highest BCUT2D eigenvalue weighted by molar-refractivity contribution is 5.72. The zero-order valence-corrected chi connectivity index (χ0v) is 19.2. The van der Waals surface area contributed by atoms with Gasteiger partial charge in [0.15, 0.2) is 6.29 Å². The van der Waals surface area contributed by atoms with Gasteiger partial charge in [-0.05, 0) is 12.8 Å². The van der Waals surface area contributed by atoms with Crippen LogP contribution < -0.4 is 5.32 Å². The summed E-state index contributed by atoms with van der Waals surface area (Å²) >= 11 is 0. The number of aliphatic hydroxyl groups is 4. The van der Waals surface area contributed by atoms with Crippen LogP contribution in [-0.2, 0) is 14.3 Å². The van der Waals surface area contributed by atoms with Crippen molar-refractivity contribution >= 4 is 5.91 Å². The first-order valence-electron chi connectivity index (χ1n) is 12.1. The van der Waals surface area contributed by atoms with Crippen LogP contribution in [0.1, 0.15) is 90.4 Å². The molecule has 1 fully saturated rings. The second-order valence-electron chi connectivity index (χ2n) is 8.65. The Morgan fingerprint density at radius 3 is 1.74 bits per heavy atom. The molecule has 1 aliphatic heterocycles. The van der Waals surface area contributed by atoms with Gasteiger partial charge in [-0.2, -0.15) is 0 Å². The lowest BCUT2D eigenvalue weighted by Crippen LogP contribution is -2.59. The van der Waals surface area contributed by atoms with Crippen molar-refractivity contribution in [2.24, 2.45) is 0 Å². The number of unbranched alkanes of at least 4 members (excludes halogenated alkanes) is 12. The molecular weight excluding hydrogens is 402 g/mol. The molecule has 1 unspecified atom stereocenters. The number of rotatable bonds is 18. The average Bonchev–Trinajstić information content (AvgIpc) is 2.75. The Hall–Kier alpha value is -0.770. The summed E-state index contributed by atoms with van der Waals surface area (Å²) in [6.07, 6.45) is 9.50. The van der Waals surface area contributed by atoms with Crippen LogP contribution in [0.2, 0.25) is 0 Å². The van der Waals surface area contributed by atoms with Crippen molar-refractivity contribution < 1.29 is 34.7 Å². The van der Waals surface area contributed by atoms with Crippen molar-refractivity contribution in [3.63, 3.8) is 0 Å². The lowest BCUT2D eigenvalue weighted by atomic mass is 9.99. The standard InChI is InChI=1S/C23H45NO7/c1-18(26)24-15-13-11-9-7-5-3-2-4-6-8-10-12-14-16-30-23-22(29)21(28)20(27)19(17-25)31-23/h19-23,25,27-29H,2-17H2,1H3,(H,24,26)/t19-,20-,21+,22-,23?/m1/s1. The van der Waals surface area contributed by atoms with Gasteiger partial charge in [0.2, 0.25) is 5.91 Å². The highest BCUT2D eigenvalue weighted by Crippen LogP contribution is 2.22. The van der Waals surface area contributed by atoms with E-state index in [9.17, 15) is 20.1 Å². The van der Waals surface area contributed by atoms with Crippen LogP contribution in [0, 0.1) is 0 Å². The summed E-state index contributed by atoms with van der Waals surface area (Å²) in [6, 6.07) is 0. The molecule has 0 spiro atoms. The molecule has 0 aliphatic carbocycles. The molecule has 5 atom stereocenters. The summed E-state index contributed by atoms with van der Waals surface area (Å²) in [7, 11) is 0. The summed E-state index contributed by atoms with van der Waals surface area (Å²) in [5, 5.41) is 41.4. The number of ether oxygens (including phenoxy) is 2. The number of carbonyl (C=O) groups excluding carboxylic acids is 1. The number of nitrogens with one attached hydrogen (secondary N) is 1. The molecule has 0 aromatic heterocycles. The van der Waals surface area contributed by atoms with Crippen molar-refractivity contribution in [3.05, 3.63) is 0 Å². The molecule has 1 amide bonds. The van der Waals surface area contributed by atoms with E-state index in [1.54, 1.807) is 6.92 Å². The average molecular weight is 448 g/mol. The fourth-order valence-electron chi connectivity index (χ4n) is 3.84. The molecule has 0 radical (unpaired) electrons. The summed E-state index contributed by atoms with van der Waals surface area (Å²) in [6.45, 7) is 2.33. The summed E-state index contributed by atoms with van der Waals surface area (Å²) in [5.74, 6) is 0.0569. The van der Waals surface area contributed by atoms with Gasteiger partial charge in [-0.3, -0.25) is 4.79 Å². The smallest absolute Gasteiger partial charge is 0.216 e.